The van der Waals surface area contributed by atoms with Crippen molar-refractivity contribution in [1.29, 1.82) is 0 Å². The molecule has 1 aromatic carbocycles. The number of nitrogens with one attached hydrogen (secondary N) is 1. The molecule has 2 heterocycles. The number of carbonyl (C=O) groups excluding carboxylic acids is 1. The fraction of sp³-hybridized carbons (Fsp3) is 0.650. The van der Waals surface area contributed by atoms with Crippen molar-refractivity contribution >= 4 is 5.91 Å². The average Bonchev–Trinajstić information content (AvgIpc) is 2.70. The molecule has 1 amide bonds. The molecule has 26 heavy (non-hydrogen) atoms. The summed E-state index contributed by atoms with van der Waals surface area (Å²) in [6, 6.07) is 4.02. The Balaban J connectivity index is 1.68. The van der Waals surface area contributed by atoms with E-state index < -0.39 is 0 Å². The Morgan fingerprint density at radius 2 is 1.73 bits per heavy atom. The molecule has 0 spiro atoms. The van der Waals surface area contributed by atoms with Crippen LogP contribution in [0.1, 0.15) is 42.5 Å². The first-order valence-corrected chi connectivity index (χ1v) is 9.50. The standard InChI is InChI=1S/C20H30N2O4/c1-24-17-11-15(12-18(25-2)19(17)26-3)20(23)21-13-14-7-6-10-22-9-5-4-8-16(14)22/h11-12,14,16H,4-10,13H2,1-3H3,(H,21,23)/t14-,16+/m0/s1. The quantitative estimate of drug-likeness (QED) is 0.843. The molecule has 0 saturated carbocycles. The molecule has 2 saturated heterocycles. The van der Waals surface area contributed by atoms with Crippen molar-refractivity contribution in [1.82, 2.24) is 10.2 Å². The number of amides is 1. The fourth-order valence-electron chi connectivity index (χ4n) is 4.35. The lowest BCUT2D eigenvalue weighted by Crippen LogP contribution is -2.51. The molecule has 2 atom stereocenters. The smallest absolute Gasteiger partial charge is 0.251 e. The van der Waals surface area contributed by atoms with E-state index in [1.165, 1.54) is 45.2 Å². The third kappa shape index (κ3) is 3.90. The molecule has 0 radical (unpaired) electrons. The number of hydrogen-bond donors (Lipinski definition) is 1. The molecule has 1 aromatic rings. The minimum atomic E-state index is -0.0998. The summed E-state index contributed by atoms with van der Waals surface area (Å²) in [5, 5.41) is 3.12. The molecule has 2 aliphatic rings. The normalized spacial score (nSPS) is 23.0. The van der Waals surface area contributed by atoms with Gasteiger partial charge in [-0.2, -0.15) is 0 Å². The zero-order chi connectivity index (χ0) is 18.5. The minimum Gasteiger partial charge on any atom is -0.493 e. The van der Waals surface area contributed by atoms with E-state index in [4.69, 9.17) is 14.2 Å². The maximum absolute atomic E-state index is 12.7. The molecule has 2 fully saturated rings. The summed E-state index contributed by atoms with van der Waals surface area (Å²) >= 11 is 0. The number of ether oxygens (including phenoxy) is 3. The van der Waals surface area contributed by atoms with Gasteiger partial charge in [0.25, 0.3) is 5.91 Å². The minimum absolute atomic E-state index is 0.0998. The van der Waals surface area contributed by atoms with Crippen LogP contribution in [0.2, 0.25) is 0 Å². The van der Waals surface area contributed by atoms with Gasteiger partial charge in [-0.15, -0.1) is 0 Å². The largest absolute Gasteiger partial charge is 0.493 e. The highest BCUT2D eigenvalue weighted by Gasteiger charge is 2.33. The van der Waals surface area contributed by atoms with Gasteiger partial charge in [0.2, 0.25) is 5.75 Å². The Morgan fingerprint density at radius 3 is 2.38 bits per heavy atom. The summed E-state index contributed by atoms with van der Waals surface area (Å²) in [5.74, 6) is 1.92. The average molecular weight is 362 g/mol. The van der Waals surface area contributed by atoms with Crippen molar-refractivity contribution in [3.63, 3.8) is 0 Å². The SMILES string of the molecule is COc1cc(C(=O)NC[C@@H]2CCCN3CCCC[C@H]23)cc(OC)c1OC. The Kier molecular flexibility index (Phi) is 6.25. The number of methoxy groups -OCH3 is 3. The highest BCUT2D eigenvalue weighted by atomic mass is 16.5. The van der Waals surface area contributed by atoms with E-state index in [0.29, 0.717) is 34.8 Å². The molecule has 0 bridgehead atoms. The summed E-state index contributed by atoms with van der Waals surface area (Å²) in [6.07, 6.45) is 6.28. The number of nitrogens with zero attached hydrogens (tertiary/aromatic N) is 1. The number of piperidine rings is 2. The lowest BCUT2D eigenvalue weighted by atomic mass is 9.83. The monoisotopic (exact) mass is 362 g/mol. The summed E-state index contributed by atoms with van der Waals surface area (Å²) in [4.78, 5) is 15.3. The number of carbonyl (C=O) groups is 1. The van der Waals surface area contributed by atoms with Gasteiger partial charge in [-0.1, -0.05) is 6.42 Å². The highest BCUT2D eigenvalue weighted by Crippen LogP contribution is 2.38. The van der Waals surface area contributed by atoms with Crippen molar-refractivity contribution in [3.8, 4) is 17.2 Å². The van der Waals surface area contributed by atoms with E-state index in [2.05, 4.69) is 10.2 Å². The summed E-state index contributed by atoms with van der Waals surface area (Å²) < 4.78 is 16.0. The Morgan fingerprint density at radius 1 is 1.04 bits per heavy atom. The third-order valence-electron chi connectivity index (χ3n) is 5.68. The Bertz CT molecular complexity index is 607. The van der Waals surface area contributed by atoms with Crippen molar-refractivity contribution in [2.24, 2.45) is 5.92 Å². The van der Waals surface area contributed by atoms with Gasteiger partial charge < -0.3 is 24.4 Å². The van der Waals surface area contributed by atoms with Crippen LogP contribution in [0.5, 0.6) is 17.2 Å². The van der Waals surface area contributed by atoms with Gasteiger partial charge in [0.15, 0.2) is 11.5 Å². The van der Waals surface area contributed by atoms with Crippen LogP contribution in [0.15, 0.2) is 12.1 Å². The zero-order valence-corrected chi connectivity index (χ0v) is 16.0. The predicted octanol–water partition coefficient (Wildman–Crippen LogP) is 2.71. The molecule has 6 nitrogen and oxygen atoms in total. The molecule has 1 N–H and O–H groups in total. The molecular weight excluding hydrogens is 332 g/mol. The lowest BCUT2D eigenvalue weighted by Gasteiger charge is -2.44. The van der Waals surface area contributed by atoms with Crippen LogP contribution in [0, 0.1) is 5.92 Å². The van der Waals surface area contributed by atoms with Crippen LogP contribution in [0.25, 0.3) is 0 Å². The second kappa shape index (κ2) is 8.62. The van der Waals surface area contributed by atoms with E-state index in [-0.39, 0.29) is 5.91 Å². The molecule has 0 aliphatic carbocycles. The number of rotatable bonds is 6. The summed E-state index contributed by atoms with van der Waals surface area (Å²) in [7, 11) is 4.66. The predicted molar refractivity (Wildman–Crippen MR) is 100 cm³/mol. The first-order chi connectivity index (χ1) is 12.7. The Hall–Kier alpha value is -1.95. The maximum Gasteiger partial charge on any atom is 0.251 e. The maximum atomic E-state index is 12.7. The second-order valence-corrected chi connectivity index (χ2v) is 7.13. The Labute approximate surface area is 155 Å². The van der Waals surface area contributed by atoms with Gasteiger partial charge in [0.1, 0.15) is 0 Å². The second-order valence-electron chi connectivity index (χ2n) is 7.13. The van der Waals surface area contributed by atoms with E-state index >= 15 is 0 Å². The molecular formula is C20H30N2O4. The van der Waals surface area contributed by atoms with Gasteiger partial charge in [-0.25, -0.2) is 0 Å². The topological polar surface area (TPSA) is 60.0 Å². The number of hydrogen-bond acceptors (Lipinski definition) is 5. The molecule has 144 valence electrons. The van der Waals surface area contributed by atoms with E-state index in [0.717, 1.165) is 6.54 Å². The summed E-state index contributed by atoms with van der Waals surface area (Å²) in [6.45, 7) is 3.14. The third-order valence-corrected chi connectivity index (χ3v) is 5.68. The van der Waals surface area contributed by atoms with Crippen LogP contribution in [0.3, 0.4) is 0 Å². The molecule has 3 rings (SSSR count). The van der Waals surface area contributed by atoms with Gasteiger partial charge in [0, 0.05) is 18.2 Å². The van der Waals surface area contributed by atoms with E-state index in [9.17, 15) is 4.79 Å². The fourth-order valence-corrected chi connectivity index (χ4v) is 4.35. The number of benzene rings is 1. The van der Waals surface area contributed by atoms with Gasteiger partial charge in [-0.05, 0) is 56.8 Å². The first kappa shape index (κ1) is 18.8. The van der Waals surface area contributed by atoms with Gasteiger partial charge >= 0.3 is 0 Å². The highest BCUT2D eigenvalue weighted by molar-refractivity contribution is 5.95. The van der Waals surface area contributed by atoms with Crippen molar-refractivity contribution < 1.29 is 19.0 Å². The van der Waals surface area contributed by atoms with E-state index in [1.54, 1.807) is 33.5 Å². The van der Waals surface area contributed by atoms with Crippen LogP contribution in [-0.4, -0.2) is 57.8 Å². The van der Waals surface area contributed by atoms with Crippen LogP contribution < -0.4 is 19.5 Å². The number of fused-ring (bicyclic) bond motifs is 1. The van der Waals surface area contributed by atoms with Crippen molar-refractivity contribution in [2.45, 2.75) is 38.1 Å². The molecule has 0 aromatic heterocycles. The van der Waals surface area contributed by atoms with E-state index in [1.807, 2.05) is 0 Å². The van der Waals surface area contributed by atoms with Crippen molar-refractivity contribution in [2.75, 3.05) is 41.0 Å². The van der Waals surface area contributed by atoms with Gasteiger partial charge in [0.05, 0.1) is 21.3 Å². The van der Waals surface area contributed by atoms with Crippen LogP contribution in [0.4, 0.5) is 0 Å². The molecule has 0 unspecified atom stereocenters. The van der Waals surface area contributed by atoms with Crippen LogP contribution >= 0.6 is 0 Å². The van der Waals surface area contributed by atoms with Crippen LogP contribution in [-0.2, 0) is 0 Å². The summed E-state index contributed by atoms with van der Waals surface area (Å²) in [5.41, 5.74) is 0.524. The van der Waals surface area contributed by atoms with Crippen molar-refractivity contribution in [3.05, 3.63) is 17.7 Å². The zero-order valence-electron chi connectivity index (χ0n) is 16.0. The van der Waals surface area contributed by atoms with Gasteiger partial charge in [-0.3, -0.25) is 4.79 Å². The molecule has 2 aliphatic heterocycles. The molecule has 6 heteroatoms. The first-order valence-electron chi connectivity index (χ1n) is 9.50. The lowest BCUT2D eigenvalue weighted by molar-refractivity contribution is 0.0575.